The largest absolute Gasteiger partial charge is 0.384 e. The van der Waals surface area contributed by atoms with Crippen molar-refractivity contribution in [3.05, 3.63) is 11.5 Å². The SMILES string of the molecule is C#CCn1c(C2CCCCC2)nc(C2CCOCC2)c1N. The van der Waals surface area contributed by atoms with Crippen LogP contribution in [0.3, 0.4) is 0 Å². The van der Waals surface area contributed by atoms with Crippen LogP contribution in [0.15, 0.2) is 0 Å². The molecular weight excluding hydrogens is 262 g/mol. The van der Waals surface area contributed by atoms with E-state index in [1.165, 1.54) is 32.1 Å². The van der Waals surface area contributed by atoms with E-state index in [2.05, 4.69) is 10.5 Å². The van der Waals surface area contributed by atoms with Gasteiger partial charge in [-0.3, -0.25) is 0 Å². The molecule has 1 aliphatic heterocycles. The van der Waals surface area contributed by atoms with Crippen molar-refractivity contribution in [2.24, 2.45) is 0 Å². The second kappa shape index (κ2) is 6.53. The number of ether oxygens (including phenoxy) is 1. The van der Waals surface area contributed by atoms with E-state index in [9.17, 15) is 0 Å². The van der Waals surface area contributed by atoms with E-state index in [1.54, 1.807) is 0 Å². The molecule has 2 fully saturated rings. The lowest BCUT2D eigenvalue weighted by Crippen LogP contribution is -2.16. The number of imidazole rings is 1. The summed E-state index contributed by atoms with van der Waals surface area (Å²) in [6.07, 6.45) is 13.9. The van der Waals surface area contributed by atoms with Crippen LogP contribution in [0.1, 0.15) is 68.3 Å². The molecule has 2 aliphatic rings. The summed E-state index contributed by atoms with van der Waals surface area (Å²) in [5.41, 5.74) is 7.46. The van der Waals surface area contributed by atoms with Crippen LogP contribution < -0.4 is 5.73 Å². The summed E-state index contributed by atoms with van der Waals surface area (Å²) in [6, 6.07) is 0. The van der Waals surface area contributed by atoms with Crippen molar-refractivity contribution < 1.29 is 4.74 Å². The summed E-state index contributed by atoms with van der Waals surface area (Å²) >= 11 is 0. The van der Waals surface area contributed by atoms with Gasteiger partial charge in [-0.05, 0) is 25.7 Å². The summed E-state index contributed by atoms with van der Waals surface area (Å²) in [7, 11) is 0. The number of nitrogen functional groups attached to an aromatic ring is 1. The molecule has 2 N–H and O–H groups in total. The smallest absolute Gasteiger partial charge is 0.127 e. The molecule has 4 nitrogen and oxygen atoms in total. The van der Waals surface area contributed by atoms with E-state index in [4.69, 9.17) is 21.9 Å². The van der Waals surface area contributed by atoms with Crippen molar-refractivity contribution in [2.75, 3.05) is 18.9 Å². The zero-order valence-corrected chi connectivity index (χ0v) is 12.7. The van der Waals surface area contributed by atoms with E-state index in [1.807, 2.05) is 0 Å². The Kier molecular flexibility index (Phi) is 4.50. The molecule has 21 heavy (non-hydrogen) atoms. The molecule has 1 saturated carbocycles. The molecule has 0 bridgehead atoms. The summed E-state index contributed by atoms with van der Waals surface area (Å²) in [5.74, 6) is 5.62. The minimum Gasteiger partial charge on any atom is -0.384 e. The van der Waals surface area contributed by atoms with Crippen LogP contribution in [0, 0.1) is 12.3 Å². The fourth-order valence-corrected chi connectivity index (χ4v) is 3.70. The number of hydrogen-bond acceptors (Lipinski definition) is 3. The van der Waals surface area contributed by atoms with Gasteiger partial charge in [0.25, 0.3) is 0 Å². The lowest BCUT2D eigenvalue weighted by molar-refractivity contribution is 0.0847. The van der Waals surface area contributed by atoms with Crippen molar-refractivity contribution in [2.45, 2.75) is 63.3 Å². The highest BCUT2D eigenvalue weighted by atomic mass is 16.5. The van der Waals surface area contributed by atoms with Crippen LogP contribution in [0.5, 0.6) is 0 Å². The van der Waals surface area contributed by atoms with Gasteiger partial charge in [-0.25, -0.2) is 4.98 Å². The Hall–Kier alpha value is -1.47. The third kappa shape index (κ3) is 2.94. The Morgan fingerprint density at radius 2 is 1.86 bits per heavy atom. The zero-order chi connectivity index (χ0) is 14.7. The number of rotatable bonds is 3. The van der Waals surface area contributed by atoms with Gasteiger partial charge in [0.2, 0.25) is 0 Å². The highest BCUT2D eigenvalue weighted by molar-refractivity contribution is 5.42. The summed E-state index contributed by atoms with van der Waals surface area (Å²) in [6.45, 7) is 2.16. The van der Waals surface area contributed by atoms with Crippen molar-refractivity contribution in [3.8, 4) is 12.3 Å². The van der Waals surface area contributed by atoms with Crippen LogP contribution in [-0.4, -0.2) is 22.8 Å². The van der Waals surface area contributed by atoms with Gasteiger partial charge in [-0.2, -0.15) is 0 Å². The van der Waals surface area contributed by atoms with Crippen molar-refractivity contribution in [1.82, 2.24) is 9.55 Å². The highest BCUT2D eigenvalue weighted by Crippen LogP contribution is 2.37. The van der Waals surface area contributed by atoms with Gasteiger partial charge in [0.15, 0.2) is 0 Å². The van der Waals surface area contributed by atoms with Gasteiger partial charge in [0.05, 0.1) is 12.2 Å². The first-order valence-corrected chi connectivity index (χ1v) is 8.18. The summed E-state index contributed by atoms with van der Waals surface area (Å²) < 4.78 is 7.54. The average Bonchev–Trinajstić information content (AvgIpc) is 2.87. The van der Waals surface area contributed by atoms with Crippen LogP contribution in [0.4, 0.5) is 5.82 Å². The Labute approximate surface area is 127 Å². The van der Waals surface area contributed by atoms with Crippen molar-refractivity contribution >= 4 is 5.82 Å². The second-order valence-electron chi connectivity index (χ2n) is 6.25. The molecule has 114 valence electrons. The Balaban J connectivity index is 1.92. The molecular formula is C17H25N3O. The molecule has 0 aromatic carbocycles. The van der Waals surface area contributed by atoms with E-state index in [0.717, 1.165) is 43.4 Å². The molecule has 0 spiro atoms. The van der Waals surface area contributed by atoms with Gasteiger partial charge < -0.3 is 15.0 Å². The number of anilines is 1. The number of terminal acetylenes is 1. The molecule has 0 amide bonds. The lowest BCUT2D eigenvalue weighted by Gasteiger charge is -2.21. The maximum absolute atomic E-state index is 6.39. The molecule has 0 atom stereocenters. The third-order valence-electron chi connectivity index (χ3n) is 4.89. The van der Waals surface area contributed by atoms with Crippen LogP contribution in [-0.2, 0) is 11.3 Å². The highest BCUT2D eigenvalue weighted by Gasteiger charge is 2.28. The Bertz CT molecular complexity index is 517. The second-order valence-corrected chi connectivity index (χ2v) is 6.25. The van der Waals surface area contributed by atoms with Gasteiger partial charge >= 0.3 is 0 Å². The third-order valence-corrected chi connectivity index (χ3v) is 4.89. The van der Waals surface area contributed by atoms with Crippen LogP contribution in [0.25, 0.3) is 0 Å². The van der Waals surface area contributed by atoms with E-state index >= 15 is 0 Å². The molecule has 2 heterocycles. The first-order valence-electron chi connectivity index (χ1n) is 8.18. The molecule has 1 aliphatic carbocycles. The van der Waals surface area contributed by atoms with Crippen molar-refractivity contribution in [3.63, 3.8) is 0 Å². The van der Waals surface area contributed by atoms with Gasteiger partial charge in [0.1, 0.15) is 11.6 Å². The Morgan fingerprint density at radius 3 is 2.52 bits per heavy atom. The fraction of sp³-hybridized carbons (Fsp3) is 0.706. The van der Waals surface area contributed by atoms with Crippen LogP contribution >= 0.6 is 0 Å². The quantitative estimate of drug-likeness (QED) is 0.869. The molecule has 4 heteroatoms. The average molecular weight is 287 g/mol. The minimum atomic E-state index is 0.431. The van der Waals surface area contributed by atoms with E-state index < -0.39 is 0 Å². The lowest BCUT2D eigenvalue weighted by atomic mass is 9.88. The maximum atomic E-state index is 6.39. The topological polar surface area (TPSA) is 53.1 Å². The molecule has 0 radical (unpaired) electrons. The minimum absolute atomic E-state index is 0.431. The van der Waals surface area contributed by atoms with Gasteiger partial charge in [-0.1, -0.05) is 25.2 Å². The number of aromatic nitrogens is 2. The monoisotopic (exact) mass is 287 g/mol. The van der Waals surface area contributed by atoms with E-state index in [-0.39, 0.29) is 0 Å². The van der Waals surface area contributed by atoms with Crippen molar-refractivity contribution in [1.29, 1.82) is 0 Å². The predicted octanol–water partition coefficient (Wildman–Crippen LogP) is 3.04. The standard InChI is InChI=1S/C17H25N3O/c1-2-10-20-16(18)15(13-8-11-21-12-9-13)19-17(20)14-6-4-3-5-7-14/h1,13-14H,3-12,18H2. The molecule has 3 rings (SSSR count). The van der Waals surface area contributed by atoms with Gasteiger partial charge in [-0.15, -0.1) is 6.42 Å². The van der Waals surface area contributed by atoms with E-state index in [0.29, 0.717) is 18.4 Å². The number of nitrogens with two attached hydrogens (primary N) is 1. The summed E-state index contributed by atoms with van der Waals surface area (Å²) in [4.78, 5) is 4.96. The van der Waals surface area contributed by atoms with Crippen LogP contribution in [0.2, 0.25) is 0 Å². The molecule has 0 unspecified atom stereocenters. The number of nitrogens with zero attached hydrogens (tertiary/aromatic N) is 2. The molecule has 1 saturated heterocycles. The number of hydrogen-bond donors (Lipinski definition) is 1. The summed E-state index contributed by atoms with van der Waals surface area (Å²) in [5, 5.41) is 0. The molecule has 1 aromatic rings. The first kappa shape index (κ1) is 14.5. The first-order chi connectivity index (χ1) is 10.3. The van der Waals surface area contributed by atoms with Gasteiger partial charge in [0, 0.05) is 25.0 Å². The maximum Gasteiger partial charge on any atom is 0.127 e. The normalized spacial score (nSPS) is 21.3. The Morgan fingerprint density at radius 1 is 1.14 bits per heavy atom. The fourth-order valence-electron chi connectivity index (χ4n) is 3.70. The zero-order valence-electron chi connectivity index (χ0n) is 12.7. The molecule has 1 aromatic heterocycles. The predicted molar refractivity (Wildman–Crippen MR) is 84.1 cm³/mol.